The van der Waals surface area contributed by atoms with Gasteiger partial charge in [0, 0.05) is 21.9 Å². The lowest BCUT2D eigenvalue weighted by atomic mass is 9.98. The van der Waals surface area contributed by atoms with Gasteiger partial charge in [-0.25, -0.2) is 0 Å². The molecule has 7 heteroatoms. The first-order valence-corrected chi connectivity index (χ1v) is 9.92. The molecule has 6 nitrogen and oxygen atoms in total. The molecule has 0 spiro atoms. The molecule has 1 saturated heterocycles. The summed E-state index contributed by atoms with van der Waals surface area (Å²) >= 11 is 3.35. The van der Waals surface area contributed by atoms with Crippen LogP contribution in [-0.2, 0) is 9.59 Å². The van der Waals surface area contributed by atoms with Gasteiger partial charge in [-0.2, -0.15) is 0 Å². The molecule has 2 heterocycles. The van der Waals surface area contributed by atoms with E-state index in [-0.39, 0.29) is 11.3 Å². The van der Waals surface area contributed by atoms with Gasteiger partial charge in [0.05, 0.1) is 18.4 Å². The van der Waals surface area contributed by atoms with Crippen molar-refractivity contribution in [2.75, 3.05) is 12.0 Å². The van der Waals surface area contributed by atoms with E-state index in [9.17, 15) is 14.7 Å². The van der Waals surface area contributed by atoms with Crippen molar-refractivity contribution in [3.8, 4) is 5.75 Å². The van der Waals surface area contributed by atoms with Crippen molar-refractivity contribution >= 4 is 39.1 Å². The predicted octanol–water partition coefficient (Wildman–Crippen LogP) is 4.48. The maximum atomic E-state index is 13.0. The fourth-order valence-corrected chi connectivity index (χ4v) is 3.69. The third-order valence-corrected chi connectivity index (χ3v) is 5.41. The number of hydrogen-bond donors (Lipinski definition) is 1. The SMILES string of the molecule is COc1ccc(N2C(=O)C(=O)/C(=C(\O)c3ccc(Br)cc3)C2c2ccccn2)cc1. The number of amides is 1. The number of methoxy groups -OCH3 is 1. The first-order valence-electron chi connectivity index (χ1n) is 9.13. The van der Waals surface area contributed by atoms with E-state index in [2.05, 4.69) is 20.9 Å². The minimum Gasteiger partial charge on any atom is -0.507 e. The van der Waals surface area contributed by atoms with Gasteiger partial charge < -0.3 is 9.84 Å². The Morgan fingerprint density at radius 2 is 1.73 bits per heavy atom. The van der Waals surface area contributed by atoms with Crippen LogP contribution in [0.1, 0.15) is 17.3 Å². The lowest BCUT2D eigenvalue weighted by Gasteiger charge is -2.24. The van der Waals surface area contributed by atoms with Crippen LogP contribution in [0.25, 0.3) is 5.76 Å². The minimum absolute atomic E-state index is 0.00293. The molecule has 1 aromatic heterocycles. The van der Waals surface area contributed by atoms with E-state index >= 15 is 0 Å². The largest absolute Gasteiger partial charge is 0.507 e. The van der Waals surface area contributed by atoms with E-state index < -0.39 is 17.7 Å². The molecule has 1 atom stereocenters. The van der Waals surface area contributed by atoms with E-state index in [1.807, 2.05) is 0 Å². The summed E-state index contributed by atoms with van der Waals surface area (Å²) in [6.07, 6.45) is 1.59. The van der Waals surface area contributed by atoms with Crippen molar-refractivity contribution in [1.82, 2.24) is 4.98 Å². The number of rotatable bonds is 4. The second-order valence-corrected chi connectivity index (χ2v) is 7.54. The van der Waals surface area contributed by atoms with Crippen molar-refractivity contribution in [2.24, 2.45) is 0 Å². The molecule has 0 radical (unpaired) electrons. The lowest BCUT2D eigenvalue weighted by molar-refractivity contribution is -0.132. The van der Waals surface area contributed by atoms with E-state index in [1.54, 1.807) is 80.0 Å². The Labute approximate surface area is 181 Å². The zero-order valence-corrected chi connectivity index (χ0v) is 17.5. The number of carbonyl (C=O) groups excluding carboxylic acids is 2. The molecule has 3 aromatic rings. The summed E-state index contributed by atoms with van der Waals surface area (Å²) in [5.74, 6) is -1.11. The summed E-state index contributed by atoms with van der Waals surface area (Å²) < 4.78 is 6.01. The number of aliphatic hydroxyl groups is 1. The zero-order valence-electron chi connectivity index (χ0n) is 15.9. The van der Waals surface area contributed by atoms with Crippen LogP contribution in [0.2, 0.25) is 0 Å². The van der Waals surface area contributed by atoms with Crippen LogP contribution >= 0.6 is 15.9 Å². The number of Topliss-reactive ketones (excluding diaryl/α,β-unsaturated/α-hetero) is 1. The van der Waals surface area contributed by atoms with Crippen LogP contribution in [-0.4, -0.2) is 28.9 Å². The summed E-state index contributed by atoms with van der Waals surface area (Å²) in [6, 6.07) is 18.1. The third kappa shape index (κ3) is 3.48. The molecule has 2 aromatic carbocycles. The fourth-order valence-electron chi connectivity index (χ4n) is 3.42. The molecule has 1 unspecified atom stereocenters. The molecule has 1 aliphatic heterocycles. The lowest BCUT2D eigenvalue weighted by Crippen LogP contribution is -2.29. The monoisotopic (exact) mass is 464 g/mol. The number of carbonyl (C=O) groups is 2. The highest BCUT2D eigenvalue weighted by atomic mass is 79.9. The zero-order chi connectivity index (χ0) is 21.3. The number of ether oxygens (including phenoxy) is 1. The first kappa shape index (κ1) is 19.8. The summed E-state index contributed by atoms with van der Waals surface area (Å²) in [7, 11) is 1.55. The van der Waals surface area contributed by atoms with Gasteiger partial charge in [0.15, 0.2) is 0 Å². The Kier molecular flexibility index (Phi) is 5.37. The third-order valence-electron chi connectivity index (χ3n) is 4.88. The van der Waals surface area contributed by atoms with Crippen LogP contribution in [0.5, 0.6) is 5.75 Å². The van der Waals surface area contributed by atoms with Crippen LogP contribution in [0.4, 0.5) is 5.69 Å². The minimum atomic E-state index is -0.858. The number of halogens is 1. The highest BCUT2D eigenvalue weighted by molar-refractivity contribution is 9.10. The van der Waals surface area contributed by atoms with Gasteiger partial charge in [0.2, 0.25) is 0 Å². The van der Waals surface area contributed by atoms with Crippen molar-refractivity contribution in [3.63, 3.8) is 0 Å². The molecule has 4 rings (SSSR count). The number of aromatic nitrogens is 1. The molecule has 0 saturated carbocycles. The van der Waals surface area contributed by atoms with Gasteiger partial charge in [0.25, 0.3) is 11.7 Å². The average Bonchev–Trinajstić information content (AvgIpc) is 3.05. The maximum absolute atomic E-state index is 13.0. The summed E-state index contributed by atoms with van der Waals surface area (Å²) in [5, 5.41) is 11.0. The number of pyridine rings is 1. The van der Waals surface area contributed by atoms with Crippen molar-refractivity contribution < 1.29 is 19.4 Å². The molecule has 150 valence electrons. The Balaban J connectivity index is 1.90. The highest BCUT2D eigenvalue weighted by Gasteiger charge is 2.47. The van der Waals surface area contributed by atoms with Gasteiger partial charge in [0.1, 0.15) is 17.6 Å². The molecule has 0 bridgehead atoms. The molecule has 1 fully saturated rings. The molecule has 1 N–H and O–H groups in total. The molecular formula is C23H17BrN2O4. The van der Waals surface area contributed by atoms with Gasteiger partial charge in [-0.3, -0.25) is 19.5 Å². The topological polar surface area (TPSA) is 79.7 Å². The second-order valence-electron chi connectivity index (χ2n) is 6.63. The number of benzene rings is 2. The fraction of sp³-hybridized carbons (Fsp3) is 0.0870. The number of aliphatic hydroxyl groups excluding tert-OH is 1. The van der Waals surface area contributed by atoms with Crippen molar-refractivity contribution in [1.29, 1.82) is 0 Å². The Bertz CT molecular complexity index is 1130. The second kappa shape index (κ2) is 8.12. The highest BCUT2D eigenvalue weighted by Crippen LogP contribution is 2.41. The van der Waals surface area contributed by atoms with Crippen LogP contribution in [0.15, 0.2) is 83.0 Å². The van der Waals surface area contributed by atoms with Crippen LogP contribution in [0, 0.1) is 0 Å². The smallest absolute Gasteiger partial charge is 0.300 e. The standard InChI is InChI=1S/C23H17BrN2O4/c1-30-17-11-9-16(10-12-17)26-20(18-4-2-3-13-25-18)19(22(28)23(26)29)21(27)14-5-7-15(24)8-6-14/h2-13,20,27H,1H3/b21-19-. The van der Waals surface area contributed by atoms with Crippen molar-refractivity contribution in [2.45, 2.75) is 6.04 Å². The summed E-state index contributed by atoms with van der Waals surface area (Å²) in [6.45, 7) is 0. The predicted molar refractivity (Wildman–Crippen MR) is 116 cm³/mol. The summed E-state index contributed by atoms with van der Waals surface area (Å²) in [5.41, 5.74) is 1.42. The van der Waals surface area contributed by atoms with Crippen molar-refractivity contribution in [3.05, 3.63) is 94.2 Å². The molecule has 0 aliphatic carbocycles. The number of anilines is 1. The van der Waals surface area contributed by atoms with Crippen LogP contribution < -0.4 is 9.64 Å². The van der Waals surface area contributed by atoms with Gasteiger partial charge >= 0.3 is 0 Å². The quantitative estimate of drug-likeness (QED) is 0.349. The van der Waals surface area contributed by atoms with E-state index in [0.29, 0.717) is 22.7 Å². The van der Waals surface area contributed by atoms with Crippen LogP contribution in [0.3, 0.4) is 0 Å². The van der Waals surface area contributed by atoms with Gasteiger partial charge in [-0.05, 0) is 48.5 Å². The normalized spacial score (nSPS) is 17.9. The first-order chi connectivity index (χ1) is 14.5. The Morgan fingerprint density at radius 1 is 1.03 bits per heavy atom. The number of hydrogen-bond acceptors (Lipinski definition) is 5. The molecule has 1 amide bonds. The maximum Gasteiger partial charge on any atom is 0.300 e. The van der Waals surface area contributed by atoms with E-state index in [4.69, 9.17) is 4.74 Å². The average molecular weight is 465 g/mol. The molecule has 1 aliphatic rings. The molecular weight excluding hydrogens is 448 g/mol. The Morgan fingerprint density at radius 3 is 2.33 bits per heavy atom. The van der Waals surface area contributed by atoms with Gasteiger partial charge in [-0.1, -0.05) is 34.1 Å². The Hall–Kier alpha value is -3.45. The van der Waals surface area contributed by atoms with E-state index in [1.165, 1.54) is 4.90 Å². The van der Waals surface area contributed by atoms with Gasteiger partial charge in [-0.15, -0.1) is 0 Å². The number of ketones is 1. The molecule has 30 heavy (non-hydrogen) atoms. The summed E-state index contributed by atoms with van der Waals surface area (Å²) in [4.78, 5) is 31.7. The van der Waals surface area contributed by atoms with E-state index in [0.717, 1.165) is 4.47 Å². The number of nitrogens with zero attached hydrogens (tertiary/aromatic N) is 2.